The average molecular weight is 321 g/mol. The number of pyridine rings is 1. The topological polar surface area (TPSA) is 49.6 Å². The fourth-order valence-corrected chi connectivity index (χ4v) is 3.07. The number of halogens is 1. The van der Waals surface area contributed by atoms with E-state index in [0.29, 0.717) is 29.2 Å². The van der Waals surface area contributed by atoms with Gasteiger partial charge >= 0.3 is 0 Å². The lowest BCUT2D eigenvalue weighted by molar-refractivity contribution is 0.0942. The molecule has 0 aromatic carbocycles. The Hall–Kier alpha value is -1.59. The maximum Gasteiger partial charge on any atom is 0.271 e. The fraction of sp³-hybridized carbons (Fsp3) is 0.500. The van der Waals surface area contributed by atoms with Gasteiger partial charge in [-0.05, 0) is 44.9 Å². The fourth-order valence-electron chi connectivity index (χ4n) is 2.90. The SMILES string of the molecule is CC(C)N1CC[C@@H](CNC(=O)c2cn3cc(Cl)ccc3n2)C1. The van der Waals surface area contributed by atoms with Gasteiger partial charge in [-0.25, -0.2) is 4.98 Å². The Morgan fingerprint density at radius 1 is 1.45 bits per heavy atom. The molecule has 1 N–H and O–H groups in total. The molecule has 2 aromatic heterocycles. The summed E-state index contributed by atoms with van der Waals surface area (Å²) < 4.78 is 1.77. The quantitative estimate of drug-likeness (QED) is 0.941. The summed E-state index contributed by atoms with van der Waals surface area (Å²) in [7, 11) is 0. The van der Waals surface area contributed by atoms with Gasteiger partial charge in [-0.2, -0.15) is 0 Å². The van der Waals surface area contributed by atoms with E-state index in [9.17, 15) is 4.79 Å². The minimum atomic E-state index is -0.122. The van der Waals surface area contributed by atoms with Crippen LogP contribution in [0.15, 0.2) is 24.5 Å². The molecule has 2 aromatic rings. The largest absolute Gasteiger partial charge is 0.350 e. The summed E-state index contributed by atoms with van der Waals surface area (Å²) in [6.45, 7) is 7.30. The van der Waals surface area contributed by atoms with Crippen molar-refractivity contribution < 1.29 is 4.79 Å². The van der Waals surface area contributed by atoms with Crippen molar-refractivity contribution in [2.75, 3.05) is 19.6 Å². The molecule has 1 saturated heterocycles. The lowest BCUT2D eigenvalue weighted by Gasteiger charge is -2.20. The van der Waals surface area contributed by atoms with Crippen molar-refractivity contribution in [3.05, 3.63) is 35.2 Å². The van der Waals surface area contributed by atoms with Gasteiger partial charge in [0.1, 0.15) is 11.3 Å². The van der Waals surface area contributed by atoms with Crippen LogP contribution in [-0.4, -0.2) is 45.9 Å². The third kappa shape index (κ3) is 3.25. The molecule has 1 amide bonds. The van der Waals surface area contributed by atoms with Crippen LogP contribution in [-0.2, 0) is 0 Å². The van der Waals surface area contributed by atoms with E-state index in [0.717, 1.165) is 25.2 Å². The Kier molecular flexibility index (Phi) is 4.36. The zero-order chi connectivity index (χ0) is 15.7. The second-order valence-corrected chi connectivity index (χ2v) is 6.63. The van der Waals surface area contributed by atoms with Gasteiger partial charge in [0, 0.05) is 31.5 Å². The predicted molar refractivity (Wildman–Crippen MR) is 87.4 cm³/mol. The van der Waals surface area contributed by atoms with Crippen molar-refractivity contribution in [2.24, 2.45) is 5.92 Å². The van der Waals surface area contributed by atoms with Crippen LogP contribution >= 0.6 is 11.6 Å². The first-order valence-electron chi connectivity index (χ1n) is 7.69. The Labute approximate surface area is 135 Å². The molecule has 0 unspecified atom stereocenters. The van der Waals surface area contributed by atoms with Gasteiger partial charge in [-0.1, -0.05) is 11.6 Å². The third-order valence-electron chi connectivity index (χ3n) is 4.25. The Bertz CT molecular complexity index is 682. The van der Waals surface area contributed by atoms with Crippen molar-refractivity contribution in [1.29, 1.82) is 0 Å². The van der Waals surface area contributed by atoms with E-state index in [1.165, 1.54) is 0 Å². The highest BCUT2D eigenvalue weighted by atomic mass is 35.5. The number of nitrogens with one attached hydrogen (secondary N) is 1. The molecular weight excluding hydrogens is 300 g/mol. The number of carbonyl (C=O) groups is 1. The minimum absolute atomic E-state index is 0.122. The first-order chi connectivity index (χ1) is 10.5. The molecule has 118 valence electrons. The van der Waals surface area contributed by atoms with Crippen LogP contribution in [0.2, 0.25) is 5.02 Å². The first-order valence-corrected chi connectivity index (χ1v) is 8.07. The average Bonchev–Trinajstić information content (AvgIpc) is 3.10. The van der Waals surface area contributed by atoms with Gasteiger partial charge in [0.25, 0.3) is 5.91 Å². The molecule has 1 fully saturated rings. The Morgan fingerprint density at radius 3 is 3.00 bits per heavy atom. The van der Waals surface area contributed by atoms with Gasteiger partial charge in [0.15, 0.2) is 0 Å². The molecule has 22 heavy (non-hydrogen) atoms. The first kappa shape index (κ1) is 15.3. The van der Waals surface area contributed by atoms with Crippen molar-refractivity contribution in [3.63, 3.8) is 0 Å². The van der Waals surface area contributed by atoms with E-state index in [-0.39, 0.29) is 5.91 Å². The van der Waals surface area contributed by atoms with Crippen LogP contribution in [0.4, 0.5) is 0 Å². The van der Waals surface area contributed by atoms with E-state index >= 15 is 0 Å². The lowest BCUT2D eigenvalue weighted by atomic mass is 10.1. The number of hydrogen-bond acceptors (Lipinski definition) is 3. The molecule has 0 saturated carbocycles. The molecule has 1 atom stereocenters. The predicted octanol–water partition coefficient (Wildman–Crippen LogP) is 2.45. The molecule has 3 heterocycles. The monoisotopic (exact) mass is 320 g/mol. The van der Waals surface area contributed by atoms with Gasteiger partial charge in [0.05, 0.1) is 5.02 Å². The van der Waals surface area contributed by atoms with Gasteiger partial charge in [-0.3, -0.25) is 4.79 Å². The second kappa shape index (κ2) is 6.26. The van der Waals surface area contributed by atoms with Crippen LogP contribution in [0, 0.1) is 5.92 Å². The summed E-state index contributed by atoms with van der Waals surface area (Å²) in [6, 6.07) is 4.14. The van der Waals surface area contributed by atoms with Gasteiger partial charge in [0.2, 0.25) is 0 Å². The van der Waals surface area contributed by atoms with Gasteiger partial charge in [-0.15, -0.1) is 0 Å². The molecule has 0 spiro atoms. The van der Waals surface area contributed by atoms with Crippen molar-refractivity contribution in [1.82, 2.24) is 19.6 Å². The van der Waals surface area contributed by atoms with E-state index < -0.39 is 0 Å². The highest BCUT2D eigenvalue weighted by Crippen LogP contribution is 2.18. The summed E-state index contributed by atoms with van der Waals surface area (Å²) >= 11 is 5.94. The van der Waals surface area contributed by atoms with Gasteiger partial charge < -0.3 is 14.6 Å². The van der Waals surface area contributed by atoms with E-state index in [2.05, 4.69) is 29.0 Å². The van der Waals surface area contributed by atoms with Crippen LogP contribution in [0.1, 0.15) is 30.8 Å². The number of rotatable bonds is 4. The van der Waals surface area contributed by atoms with E-state index in [4.69, 9.17) is 11.6 Å². The minimum Gasteiger partial charge on any atom is -0.350 e. The number of amides is 1. The molecule has 0 aliphatic carbocycles. The third-order valence-corrected chi connectivity index (χ3v) is 4.47. The molecule has 1 aliphatic heterocycles. The highest BCUT2D eigenvalue weighted by molar-refractivity contribution is 6.30. The lowest BCUT2D eigenvalue weighted by Crippen LogP contribution is -2.33. The Balaban J connectivity index is 1.59. The molecule has 5 nitrogen and oxygen atoms in total. The van der Waals surface area contributed by atoms with E-state index in [1.807, 2.05) is 0 Å². The van der Waals surface area contributed by atoms with Crippen molar-refractivity contribution in [3.8, 4) is 0 Å². The van der Waals surface area contributed by atoms with E-state index in [1.54, 1.807) is 28.9 Å². The summed E-state index contributed by atoms with van der Waals surface area (Å²) in [5.74, 6) is 0.403. The molecular formula is C16H21ClN4O. The van der Waals surface area contributed by atoms with Crippen LogP contribution in [0.25, 0.3) is 5.65 Å². The summed E-state index contributed by atoms with van der Waals surface area (Å²) in [4.78, 5) is 19.0. The molecule has 1 aliphatic rings. The standard InChI is InChI=1S/C16H21ClN4O/c1-11(2)20-6-5-12(8-20)7-18-16(22)14-10-21-9-13(17)3-4-15(21)19-14/h3-4,9-12H,5-8H2,1-2H3,(H,18,22)/t12-/m0/s1. The maximum absolute atomic E-state index is 12.2. The highest BCUT2D eigenvalue weighted by Gasteiger charge is 2.24. The summed E-state index contributed by atoms with van der Waals surface area (Å²) in [5, 5.41) is 3.62. The number of hydrogen-bond donors (Lipinski definition) is 1. The number of fused-ring (bicyclic) bond motifs is 1. The summed E-state index contributed by atoms with van der Waals surface area (Å²) in [6.07, 6.45) is 4.60. The number of likely N-dealkylation sites (tertiary alicyclic amines) is 1. The maximum atomic E-state index is 12.2. The molecule has 3 rings (SSSR count). The number of carbonyl (C=O) groups excluding carboxylic acids is 1. The number of aromatic nitrogens is 2. The normalized spacial score (nSPS) is 19.2. The molecule has 6 heteroatoms. The molecule has 0 bridgehead atoms. The van der Waals surface area contributed by atoms with Crippen LogP contribution in [0.3, 0.4) is 0 Å². The van der Waals surface area contributed by atoms with Crippen LogP contribution in [0.5, 0.6) is 0 Å². The smallest absolute Gasteiger partial charge is 0.271 e. The van der Waals surface area contributed by atoms with Crippen molar-refractivity contribution >= 4 is 23.2 Å². The van der Waals surface area contributed by atoms with Crippen LogP contribution < -0.4 is 5.32 Å². The number of imidazole rings is 1. The zero-order valence-corrected chi connectivity index (χ0v) is 13.7. The zero-order valence-electron chi connectivity index (χ0n) is 12.9. The second-order valence-electron chi connectivity index (χ2n) is 6.19. The number of nitrogens with zero attached hydrogens (tertiary/aromatic N) is 3. The Morgan fingerprint density at radius 2 is 2.27 bits per heavy atom. The summed E-state index contributed by atoms with van der Waals surface area (Å²) in [5.41, 5.74) is 1.15. The molecule has 0 radical (unpaired) electrons. The van der Waals surface area contributed by atoms with Crippen molar-refractivity contribution in [2.45, 2.75) is 26.3 Å².